The number of imidazole rings is 1. The van der Waals surface area contributed by atoms with E-state index in [9.17, 15) is 0 Å². The Labute approximate surface area is 113 Å². The Kier molecular flexibility index (Phi) is 3.79. The molecule has 4 nitrogen and oxygen atoms in total. The van der Waals surface area contributed by atoms with Crippen LogP contribution in [0.25, 0.3) is 0 Å². The number of nitrogens with zero attached hydrogens (tertiary/aromatic N) is 2. The molecular formula is C15H20N4. The Morgan fingerprint density at radius 3 is 3.16 bits per heavy atom. The van der Waals surface area contributed by atoms with Gasteiger partial charge in [-0.05, 0) is 31.0 Å². The largest absolute Gasteiger partial charge is 0.371 e. The molecule has 1 aliphatic heterocycles. The first-order valence-corrected chi connectivity index (χ1v) is 6.95. The van der Waals surface area contributed by atoms with E-state index < -0.39 is 0 Å². The molecule has 0 saturated heterocycles. The van der Waals surface area contributed by atoms with Crippen LogP contribution in [0.1, 0.15) is 17.8 Å². The van der Waals surface area contributed by atoms with Crippen LogP contribution in [0.2, 0.25) is 0 Å². The van der Waals surface area contributed by atoms with E-state index in [-0.39, 0.29) is 0 Å². The molecule has 0 bridgehead atoms. The SMILES string of the molecule is c1ccc2c(c1)CCN2CCCNCc1ncc[nH]1. The normalized spacial score (nSPS) is 13.8. The molecule has 0 atom stereocenters. The number of benzene rings is 1. The van der Waals surface area contributed by atoms with Gasteiger partial charge in [-0.3, -0.25) is 0 Å². The number of anilines is 1. The van der Waals surface area contributed by atoms with Gasteiger partial charge in [-0.15, -0.1) is 0 Å². The van der Waals surface area contributed by atoms with Crippen LogP contribution in [0.4, 0.5) is 5.69 Å². The van der Waals surface area contributed by atoms with Crippen molar-refractivity contribution in [3.63, 3.8) is 0 Å². The summed E-state index contributed by atoms with van der Waals surface area (Å²) in [6.07, 6.45) is 6.00. The van der Waals surface area contributed by atoms with Gasteiger partial charge in [0.25, 0.3) is 0 Å². The minimum atomic E-state index is 0.823. The summed E-state index contributed by atoms with van der Waals surface area (Å²) in [5, 5.41) is 3.42. The lowest BCUT2D eigenvalue weighted by molar-refractivity contribution is 0.625. The van der Waals surface area contributed by atoms with Crippen LogP contribution in [0, 0.1) is 0 Å². The third-order valence-corrected chi connectivity index (χ3v) is 3.61. The maximum absolute atomic E-state index is 4.19. The molecule has 4 heteroatoms. The molecule has 2 heterocycles. The van der Waals surface area contributed by atoms with E-state index in [2.05, 4.69) is 44.5 Å². The quantitative estimate of drug-likeness (QED) is 0.776. The van der Waals surface area contributed by atoms with Crippen LogP contribution in [0.3, 0.4) is 0 Å². The third-order valence-electron chi connectivity index (χ3n) is 3.61. The van der Waals surface area contributed by atoms with E-state index >= 15 is 0 Å². The highest BCUT2D eigenvalue weighted by Gasteiger charge is 2.16. The van der Waals surface area contributed by atoms with Gasteiger partial charge >= 0.3 is 0 Å². The maximum atomic E-state index is 4.19. The zero-order valence-corrected chi connectivity index (χ0v) is 11.1. The highest BCUT2D eigenvalue weighted by molar-refractivity contribution is 5.57. The molecular weight excluding hydrogens is 236 g/mol. The van der Waals surface area contributed by atoms with Crippen LogP contribution >= 0.6 is 0 Å². The van der Waals surface area contributed by atoms with Crippen molar-refractivity contribution >= 4 is 5.69 Å². The second-order valence-corrected chi connectivity index (χ2v) is 4.93. The van der Waals surface area contributed by atoms with E-state index in [1.165, 1.54) is 17.7 Å². The number of rotatable bonds is 6. The van der Waals surface area contributed by atoms with Crippen molar-refractivity contribution in [1.82, 2.24) is 15.3 Å². The average molecular weight is 256 g/mol. The predicted octanol–water partition coefficient (Wildman–Crippen LogP) is 1.95. The molecule has 3 rings (SSSR count). The molecule has 0 amide bonds. The maximum Gasteiger partial charge on any atom is 0.120 e. The van der Waals surface area contributed by atoms with Crippen molar-refractivity contribution < 1.29 is 0 Å². The summed E-state index contributed by atoms with van der Waals surface area (Å²) in [7, 11) is 0. The Morgan fingerprint density at radius 1 is 1.32 bits per heavy atom. The lowest BCUT2D eigenvalue weighted by atomic mass is 10.2. The summed E-state index contributed by atoms with van der Waals surface area (Å²) >= 11 is 0. The van der Waals surface area contributed by atoms with Crippen molar-refractivity contribution in [3.05, 3.63) is 48.0 Å². The van der Waals surface area contributed by atoms with Crippen LogP contribution < -0.4 is 10.2 Å². The van der Waals surface area contributed by atoms with E-state index in [1.54, 1.807) is 6.20 Å². The molecule has 2 N–H and O–H groups in total. The van der Waals surface area contributed by atoms with Crippen molar-refractivity contribution in [1.29, 1.82) is 0 Å². The van der Waals surface area contributed by atoms with Gasteiger partial charge in [0.15, 0.2) is 0 Å². The van der Waals surface area contributed by atoms with Crippen LogP contribution in [0.15, 0.2) is 36.7 Å². The first-order valence-electron chi connectivity index (χ1n) is 6.95. The second kappa shape index (κ2) is 5.89. The van der Waals surface area contributed by atoms with Gasteiger partial charge in [0.2, 0.25) is 0 Å². The number of H-pyrrole nitrogens is 1. The Bertz CT molecular complexity index is 507. The molecule has 0 radical (unpaired) electrons. The van der Waals surface area contributed by atoms with Crippen molar-refractivity contribution in [2.45, 2.75) is 19.4 Å². The molecule has 0 spiro atoms. The molecule has 1 aliphatic rings. The molecule has 0 aliphatic carbocycles. The highest BCUT2D eigenvalue weighted by atomic mass is 15.1. The van der Waals surface area contributed by atoms with Gasteiger partial charge < -0.3 is 15.2 Å². The van der Waals surface area contributed by atoms with E-state index in [4.69, 9.17) is 0 Å². The number of fused-ring (bicyclic) bond motifs is 1. The summed E-state index contributed by atoms with van der Waals surface area (Å²) in [4.78, 5) is 9.78. The van der Waals surface area contributed by atoms with Gasteiger partial charge in [-0.2, -0.15) is 0 Å². The molecule has 1 aromatic carbocycles. The monoisotopic (exact) mass is 256 g/mol. The minimum Gasteiger partial charge on any atom is -0.371 e. The summed E-state index contributed by atoms with van der Waals surface area (Å²) in [6.45, 7) is 4.14. The van der Waals surface area contributed by atoms with E-state index in [0.29, 0.717) is 0 Å². The number of hydrogen-bond donors (Lipinski definition) is 2. The molecule has 1 aromatic heterocycles. The van der Waals surface area contributed by atoms with Crippen LogP contribution in [-0.2, 0) is 13.0 Å². The number of para-hydroxylation sites is 1. The first-order chi connectivity index (χ1) is 9.43. The average Bonchev–Trinajstić information content (AvgIpc) is 3.08. The fraction of sp³-hybridized carbons (Fsp3) is 0.400. The summed E-state index contributed by atoms with van der Waals surface area (Å²) < 4.78 is 0. The fourth-order valence-corrected chi connectivity index (χ4v) is 2.64. The molecule has 100 valence electrons. The zero-order chi connectivity index (χ0) is 12.9. The number of aromatic nitrogens is 2. The van der Waals surface area contributed by atoms with Crippen LogP contribution in [0.5, 0.6) is 0 Å². The van der Waals surface area contributed by atoms with Gasteiger partial charge in [0.05, 0.1) is 6.54 Å². The minimum absolute atomic E-state index is 0.823. The third kappa shape index (κ3) is 2.96. The molecule has 0 unspecified atom stereocenters. The smallest absolute Gasteiger partial charge is 0.120 e. The summed E-state index contributed by atoms with van der Waals surface area (Å²) in [6, 6.07) is 8.74. The Morgan fingerprint density at radius 2 is 2.26 bits per heavy atom. The second-order valence-electron chi connectivity index (χ2n) is 4.93. The lowest BCUT2D eigenvalue weighted by Crippen LogP contribution is -2.25. The Hall–Kier alpha value is -1.81. The van der Waals surface area contributed by atoms with E-state index in [1.807, 2.05) is 6.20 Å². The summed E-state index contributed by atoms with van der Waals surface area (Å²) in [5.41, 5.74) is 2.92. The molecule has 19 heavy (non-hydrogen) atoms. The first kappa shape index (κ1) is 12.2. The molecule has 0 fully saturated rings. The van der Waals surface area contributed by atoms with E-state index in [0.717, 1.165) is 38.4 Å². The lowest BCUT2D eigenvalue weighted by Gasteiger charge is -2.19. The standard InChI is InChI=1S/C15H20N4/c1-2-5-14-13(4-1)6-11-19(14)10-3-7-16-12-15-17-8-9-18-15/h1-2,4-5,8-9,16H,3,6-7,10-12H2,(H,17,18). The zero-order valence-electron chi connectivity index (χ0n) is 11.1. The molecule has 2 aromatic rings. The number of aromatic amines is 1. The predicted molar refractivity (Wildman–Crippen MR) is 77.3 cm³/mol. The van der Waals surface area contributed by atoms with Gasteiger partial charge in [0, 0.05) is 31.2 Å². The highest BCUT2D eigenvalue weighted by Crippen LogP contribution is 2.27. The number of nitrogens with one attached hydrogen (secondary N) is 2. The Balaban J connectivity index is 1.39. The topological polar surface area (TPSA) is 44.0 Å². The van der Waals surface area contributed by atoms with Gasteiger partial charge in [-0.1, -0.05) is 18.2 Å². The van der Waals surface area contributed by atoms with Crippen molar-refractivity contribution in [2.75, 3.05) is 24.5 Å². The van der Waals surface area contributed by atoms with Crippen molar-refractivity contribution in [2.24, 2.45) is 0 Å². The molecule has 0 saturated carbocycles. The number of hydrogen-bond acceptors (Lipinski definition) is 3. The summed E-state index contributed by atoms with van der Waals surface area (Å²) in [5.74, 6) is 1.01. The fourth-order valence-electron chi connectivity index (χ4n) is 2.64. The van der Waals surface area contributed by atoms with Crippen molar-refractivity contribution in [3.8, 4) is 0 Å². The van der Waals surface area contributed by atoms with Crippen LogP contribution in [-0.4, -0.2) is 29.6 Å². The van der Waals surface area contributed by atoms with Gasteiger partial charge in [-0.25, -0.2) is 4.98 Å². The van der Waals surface area contributed by atoms with Gasteiger partial charge in [0.1, 0.15) is 5.82 Å².